The minimum absolute atomic E-state index is 0.0299. The predicted octanol–water partition coefficient (Wildman–Crippen LogP) is 4.01. The van der Waals surface area contributed by atoms with Crippen LogP contribution in [0.1, 0.15) is 44.1 Å². The fourth-order valence-corrected chi connectivity index (χ4v) is 4.91. The Kier molecular flexibility index (Phi) is 7.64. The Balaban J connectivity index is 2.06. The van der Waals surface area contributed by atoms with E-state index >= 15 is 0 Å². The summed E-state index contributed by atoms with van der Waals surface area (Å²) in [6.07, 6.45) is 6.40. The van der Waals surface area contributed by atoms with E-state index in [-0.39, 0.29) is 17.2 Å². The monoisotopic (exact) mass is 445 g/mol. The third-order valence-corrected chi connectivity index (χ3v) is 6.65. The van der Waals surface area contributed by atoms with Crippen molar-refractivity contribution in [2.45, 2.75) is 38.5 Å². The molecule has 2 atom stereocenters. The summed E-state index contributed by atoms with van der Waals surface area (Å²) >= 11 is 0. The Hall–Kier alpha value is -3.47. The van der Waals surface area contributed by atoms with Gasteiger partial charge in [-0.3, -0.25) is 0 Å². The number of nitrogens with zero attached hydrogens (tertiary/aromatic N) is 4. The summed E-state index contributed by atoms with van der Waals surface area (Å²) in [5, 5.41) is 30.2. The van der Waals surface area contributed by atoms with Crippen LogP contribution < -0.4 is 15.2 Å². The van der Waals surface area contributed by atoms with E-state index in [2.05, 4.69) is 30.0 Å². The highest BCUT2D eigenvalue weighted by Crippen LogP contribution is 2.54. The number of fused-ring (bicyclic) bond motifs is 1. The van der Waals surface area contributed by atoms with Gasteiger partial charge in [-0.2, -0.15) is 15.8 Å². The summed E-state index contributed by atoms with van der Waals surface area (Å²) in [5.41, 5.74) is 6.58. The zero-order chi connectivity index (χ0) is 24.0. The number of benzene rings is 1. The molecule has 0 fully saturated rings. The zero-order valence-corrected chi connectivity index (χ0v) is 19.6. The summed E-state index contributed by atoms with van der Waals surface area (Å²) < 4.78 is 11.6. The number of hydrogen-bond acceptors (Lipinski definition) is 7. The first kappa shape index (κ1) is 24.2. The Morgan fingerprint density at radius 1 is 1.15 bits per heavy atom. The minimum atomic E-state index is -1.65. The van der Waals surface area contributed by atoms with Gasteiger partial charge >= 0.3 is 0 Å². The van der Waals surface area contributed by atoms with Crippen LogP contribution in [0.2, 0.25) is 0 Å². The van der Waals surface area contributed by atoms with Gasteiger partial charge in [0.05, 0.1) is 37.1 Å². The standard InChI is InChI=1S/C26H31N5O2/c1-4-5-6-7-12-33-22-9-8-18(13-23(22)32-3)24-21-15-31(2)11-10-19(21)20(14-27)25(30)26(24,16-28)17-29/h8-10,13,21,24H,4-7,11-12,15,30H2,1-3H3/t21-,24-/m0/s1. The highest BCUT2D eigenvalue weighted by Gasteiger charge is 2.54. The molecule has 0 amide bonds. The first-order valence-corrected chi connectivity index (χ1v) is 11.4. The van der Waals surface area contributed by atoms with Crippen molar-refractivity contribution in [1.82, 2.24) is 4.90 Å². The summed E-state index contributed by atoms with van der Waals surface area (Å²) in [4.78, 5) is 2.11. The number of rotatable bonds is 8. The molecule has 1 aromatic carbocycles. The molecule has 0 saturated carbocycles. The third kappa shape index (κ3) is 4.40. The molecule has 7 nitrogen and oxygen atoms in total. The second-order valence-corrected chi connectivity index (χ2v) is 8.72. The van der Waals surface area contributed by atoms with Crippen molar-refractivity contribution in [1.29, 1.82) is 15.8 Å². The highest BCUT2D eigenvalue weighted by molar-refractivity contribution is 5.60. The van der Waals surface area contributed by atoms with E-state index in [1.54, 1.807) is 7.11 Å². The minimum Gasteiger partial charge on any atom is -0.493 e. The van der Waals surface area contributed by atoms with Crippen molar-refractivity contribution >= 4 is 0 Å². The van der Waals surface area contributed by atoms with Crippen LogP contribution in [0.25, 0.3) is 0 Å². The molecule has 0 unspecified atom stereocenters. The lowest BCUT2D eigenvalue weighted by atomic mass is 9.58. The second-order valence-electron chi connectivity index (χ2n) is 8.72. The molecule has 0 bridgehead atoms. The lowest BCUT2D eigenvalue weighted by molar-refractivity contribution is 0.237. The number of likely N-dealkylation sites (N-methyl/N-ethyl adjacent to an activating group) is 1. The van der Waals surface area contributed by atoms with E-state index in [0.717, 1.165) is 30.4 Å². The molecule has 1 aliphatic heterocycles. The van der Waals surface area contributed by atoms with Crippen LogP contribution in [0.3, 0.4) is 0 Å². The van der Waals surface area contributed by atoms with Gasteiger partial charge in [0.1, 0.15) is 6.07 Å². The number of hydrogen-bond donors (Lipinski definition) is 1. The summed E-state index contributed by atoms with van der Waals surface area (Å²) in [7, 11) is 3.56. The number of nitrogens with two attached hydrogens (primary N) is 1. The highest BCUT2D eigenvalue weighted by atomic mass is 16.5. The third-order valence-electron chi connectivity index (χ3n) is 6.65. The quantitative estimate of drug-likeness (QED) is 0.600. The number of methoxy groups -OCH3 is 1. The molecular formula is C26H31N5O2. The van der Waals surface area contributed by atoms with Gasteiger partial charge in [0.25, 0.3) is 0 Å². The maximum atomic E-state index is 10.2. The molecule has 0 radical (unpaired) electrons. The molecule has 2 aliphatic rings. The molecule has 0 aromatic heterocycles. The lowest BCUT2D eigenvalue weighted by Gasteiger charge is -2.45. The summed E-state index contributed by atoms with van der Waals surface area (Å²) in [6.45, 7) is 4.05. The van der Waals surface area contributed by atoms with Crippen LogP contribution in [0.4, 0.5) is 0 Å². The van der Waals surface area contributed by atoms with Crippen LogP contribution in [0.15, 0.2) is 41.1 Å². The van der Waals surface area contributed by atoms with E-state index in [1.165, 1.54) is 6.42 Å². The maximum Gasteiger partial charge on any atom is 0.191 e. The number of unbranched alkanes of at least 4 members (excludes halogenated alkanes) is 3. The summed E-state index contributed by atoms with van der Waals surface area (Å²) in [5.74, 6) is 0.406. The molecule has 0 saturated heterocycles. The second kappa shape index (κ2) is 10.4. The fourth-order valence-electron chi connectivity index (χ4n) is 4.91. The summed E-state index contributed by atoms with van der Waals surface area (Å²) in [6, 6.07) is 12.1. The average Bonchev–Trinajstić information content (AvgIpc) is 2.83. The predicted molar refractivity (Wildman–Crippen MR) is 125 cm³/mol. The Labute approximate surface area is 196 Å². The molecule has 33 heavy (non-hydrogen) atoms. The van der Waals surface area contributed by atoms with Gasteiger partial charge in [0, 0.05) is 24.9 Å². The van der Waals surface area contributed by atoms with Gasteiger partial charge in [0.15, 0.2) is 16.9 Å². The van der Waals surface area contributed by atoms with Gasteiger partial charge in [-0.25, -0.2) is 0 Å². The van der Waals surface area contributed by atoms with Crippen molar-refractivity contribution in [3.63, 3.8) is 0 Å². The molecule has 1 aromatic rings. The SMILES string of the molecule is CCCCCCOc1ccc([C@H]2[C@H]3CN(C)CC=C3C(C#N)=C(N)C2(C#N)C#N)cc1OC. The van der Waals surface area contributed by atoms with Crippen molar-refractivity contribution in [3.8, 4) is 29.7 Å². The Morgan fingerprint density at radius 3 is 2.55 bits per heavy atom. The molecule has 172 valence electrons. The maximum absolute atomic E-state index is 10.2. The van der Waals surface area contributed by atoms with Crippen LogP contribution in [0, 0.1) is 45.3 Å². The topological polar surface area (TPSA) is 119 Å². The first-order valence-electron chi connectivity index (χ1n) is 11.4. The molecule has 3 rings (SSSR count). The molecule has 1 aliphatic carbocycles. The van der Waals surface area contributed by atoms with Gasteiger partial charge in [-0.15, -0.1) is 0 Å². The first-order chi connectivity index (χ1) is 16.0. The van der Waals surface area contributed by atoms with Crippen LogP contribution in [0.5, 0.6) is 11.5 Å². The molecule has 0 spiro atoms. The number of nitriles is 3. The van der Waals surface area contributed by atoms with Gasteiger partial charge in [-0.1, -0.05) is 38.3 Å². The lowest BCUT2D eigenvalue weighted by Crippen LogP contribution is -2.47. The van der Waals surface area contributed by atoms with Gasteiger partial charge < -0.3 is 20.1 Å². The van der Waals surface area contributed by atoms with Gasteiger partial charge in [-0.05, 0) is 36.7 Å². The number of ether oxygens (including phenoxy) is 2. The van der Waals surface area contributed by atoms with E-state index in [9.17, 15) is 15.8 Å². The van der Waals surface area contributed by atoms with E-state index in [4.69, 9.17) is 15.2 Å². The van der Waals surface area contributed by atoms with Crippen molar-refractivity contribution < 1.29 is 9.47 Å². The molecule has 1 heterocycles. The van der Waals surface area contributed by atoms with Crippen LogP contribution in [-0.4, -0.2) is 38.8 Å². The smallest absolute Gasteiger partial charge is 0.191 e. The normalized spacial score (nSPS) is 21.8. The van der Waals surface area contributed by atoms with Crippen LogP contribution >= 0.6 is 0 Å². The van der Waals surface area contributed by atoms with Crippen LogP contribution in [-0.2, 0) is 0 Å². The van der Waals surface area contributed by atoms with Crippen molar-refractivity contribution in [2.75, 3.05) is 33.9 Å². The zero-order valence-electron chi connectivity index (χ0n) is 19.6. The molecular weight excluding hydrogens is 414 g/mol. The molecule has 7 heteroatoms. The average molecular weight is 446 g/mol. The fraction of sp³-hybridized carbons (Fsp3) is 0.500. The van der Waals surface area contributed by atoms with E-state index < -0.39 is 11.3 Å². The Bertz CT molecular complexity index is 1060. The van der Waals surface area contributed by atoms with E-state index in [1.807, 2.05) is 31.3 Å². The number of allylic oxidation sites excluding steroid dienone is 2. The molecule has 2 N–H and O–H groups in total. The van der Waals surface area contributed by atoms with Crippen molar-refractivity contribution in [2.24, 2.45) is 17.1 Å². The van der Waals surface area contributed by atoms with Crippen molar-refractivity contribution in [3.05, 3.63) is 46.7 Å². The Morgan fingerprint density at radius 2 is 1.91 bits per heavy atom. The van der Waals surface area contributed by atoms with Gasteiger partial charge in [0.2, 0.25) is 0 Å². The largest absolute Gasteiger partial charge is 0.493 e. The van der Waals surface area contributed by atoms with E-state index in [0.29, 0.717) is 31.2 Å².